The Morgan fingerprint density at radius 3 is 2.33 bits per heavy atom. The molecule has 0 unspecified atom stereocenters. The highest BCUT2D eigenvalue weighted by atomic mass is 79.9. The molecule has 0 fully saturated rings. The zero-order chi connectivity index (χ0) is 26.1. The van der Waals surface area contributed by atoms with E-state index in [1.54, 1.807) is 30.5 Å². The maximum Gasteiger partial charge on any atom is 0.399 e. The highest BCUT2D eigenvalue weighted by Crippen LogP contribution is 2.60. The van der Waals surface area contributed by atoms with Crippen molar-refractivity contribution in [2.45, 2.75) is 18.8 Å². The molecule has 184 valence electrons. The van der Waals surface area contributed by atoms with E-state index in [0.29, 0.717) is 28.9 Å². The number of nitrogens with zero attached hydrogens (tertiary/aromatic N) is 3. The Bertz CT molecular complexity index is 1570. The third-order valence-corrected chi connectivity index (χ3v) is 7.22. The van der Waals surface area contributed by atoms with Crippen LogP contribution in [0.5, 0.6) is 0 Å². The van der Waals surface area contributed by atoms with Crippen LogP contribution in [0.1, 0.15) is 22.3 Å². The summed E-state index contributed by atoms with van der Waals surface area (Å²) in [5, 5.41) is 9.30. The molecule has 0 spiro atoms. The van der Waals surface area contributed by atoms with Crippen LogP contribution in [0.3, 0.4) is 0 Å². The molecule has 4 rings (SSSR count). The maximum absolute atomic E-state index is 14.2. The van der Waals surface area contributed by atoms with Crippen LogP contribution < -0.4 is 5.69 Å². The van der Waals surface area contributed by atoms with Gasteiger partial charge in [0.25, 0.3) is 0 Å². The first-order chi connectivity index (χ1) is 17.0. The number of halogens is 3. The molecule has 4 aromatic rings. The van der Waals surface area contributed by atoms with Gasteiger partial charge in [0.15, 0.2) is 0 Å². The molecule has 0 saturated heterocycles. The van der Waals surface area contributed by atoms with Crippen LogP contribution in [-0.2, 0) is 23.3 Å². The Kier molecular flexibility index (Phi) is 7.12. The van der Waals surface area contributed by atoms with E-state index in [2.05, 4.69) is 22.0 Å². The number of nitriles is 1. The first-order valence-corrected chi connectivity index (χ1v) is 13.0. The molecule has 36 heavy (non-hydrogen) atoms. The lowest BCUT2D eigenvalue weighted by atomic mass is 10.1. The minimum absolute atomic E-state index is 0.00685. The Hall–Kier alpha value is -3.35. The van der Waals surface area contributed by atoms with Gasteiger partial charge in [-0.3, -0.25) is 13.7 Å². The molecule has 7 nitrogen and oxygen atoms in total. The van der Waals surface area contributed by atoms with Crippen molar-refractivity contribution in [2.75, 3.05) is 0 Å². The van der Waals surface area contributed by atoms with E-state index in [1.165, 1.54) is 21.3 Å². The first kappa shape index (κ1) is 25.7. The van der Waals surface area contributed by atoms with Crippen LogP contribution in [0.15, 0.2) is 88.3 Å². The Morgan fingerprint density at radius 2 is 1.69 bits per heavy atom. The Labute approximate surface area is 213 Å². The molecule has 0 aliphatic rings. The molecule has 1 aromatic heterocycles. The molecule has 0 aliphatic heterocycles. The van der Waals surface area contributed by atoms with E-state index in [0.717, 1.165) is 11.6 Å². The fourth-order valence-electron chi connectivity index (χ4n) is 3.80. The van der Waals surface area contributed by atoms with Crippen molar-refractivity contribution in [2.24, 2.45) is 0 Å². The predicted octanol–water partition coefficient (Wildman–Crippen LogP) is 5.27. The van der Waals surface area contributed by atoms with Crippen LogP contribution in [0.4, 0.5) is 8.78 Å². The summed E-state index contributed by atoms with van der Waals surface area (Å²) in [5.74, 6) is 0. The molecule has 3 aromatic carbocycles. The summed E-state index contributed by atoms with van der Waals surface area (Å²) < 4.78 is 42.5. The monoisotopic (exact) mass is 573 g/mol. The van der Waals surface area contributed by atoms with Gasteiger partial charge in [-0.05, 0) is 29.3 Å². The third kappa shape index (κ3) is 5.11. The van der Waals surface area contributed by atoms with Gasteiger partial charge in [0.05, 0.1) is 30.4 Å². The fourth-order valence-corrected chi connectivity index (χ4v) is 5.13. The number of alkyl halides is 2. The van der Waals surface area contributed by atoms with Gasteiger partial charge in [-0.1, -0.05) is 70.5 Å². The first-order valence-electron chi connectivity index (χ1n) is 10.6. The zero-order valence-corrected chi connectivity index (χ0v) is 21.0. The van der Waals surface area contributed by atoms with Crippen molar-refractivity contribution in [3.8, 4) is 17.3 Å². The lowest BCUT2D eigenvalue weighted by molar-refractivity contribution is 0.0557. The normalized spacial score (nSPS) is 11.9. The highest BCUT2D eigenvalue weighted by Gasteiger charge is 2.51. The van der Waals surface area contributed by atoms with Gasteiger partial charge in [0.1, 0.15) is 0 Å². The Balaban J connectivity index is 1.78. The van der Waals surface area contributed by atoms with E-state index in [4.69, 9.17) is 9.79 Å². The summed E-state index contributed by atoms with van der Waals surface area (Å²) >= 11 is 2.99. The Morgan fingerprint density at radius 1 is 0.972 bits per heavy atom. The summed E-state index contributed by atoms with van der Waals surface area (Å²) in [6, 6.07) is 21.7. The molecular formula is C25H19BrF2N3O4P. The lowest BCUT2D eigenvalue weighted by Crippen LogP contribution is -2.25. The molecule has 11 heteroatoms. The van der Waals surface area contributed by atoms with Crippen LogP contribution in [-0.4, -0.2) is 18.9 Å². The summed E-state index contributed by atoms with van der Waals surface area (Å²) in [4.78, 5) is 31.5. The van der Waals surface area contributed by atoms with Gasteiger partial charge in [-0.25, -0.2) is 4.79 Å². The highest BCUT2D eigenvalue weighted by molar-refractivity contribution is 9.10. The lowest BCUT2D eigenvalue weighted by Gasteiger charge is -2.19. The van der Waals surface area contributed by atoms with Crippen molar-refractivity contribution in [3.63, 3.8) is 0 Å². The number of imidazole rings is 1. The van der Waals surface area contributed by atoms with Crippen LogP contribution in [0.25, 0.3) is 11.3 Å². The minimum atomic E-state index is -5.74. The summed E-state index contributed by atoms with van der Waals surface area (Å²) in [7, 11) is -5.74. The van der Waals surface area contributed by atoms with Crippen molar-refractivity contribution < 1.29 is 23.1 Å². The van der Waals surface area contributed by atoms with Crippen molar-refractivity contribution in [1.29, 1.82) is 5.26 Å². The molecule has 0 amide bonds. The zero-order valence-electron chi connectivity index (χ0n) is 18.6. The molecule has 0 atom stereocenters. The van der Waals surface area contributed by atoms with Gasteiger partial charge in [0.2, 0.25) is 0 Å². The average Bonchev–Trinajstić information content (AvgIpc) is 3.14. The van der Waals surface area contributed by atoms with Crippen LogP contribution >= 0.6 is 23.5 Å². The second-order valence-corrected chi connectivity index (χ2v) is 10.6. The predicted molar refractivity (Wildman–Crippen MR) is 134 cm³/mol. The quantitative estimate of drug-likeness (QED) is 0.293. The van der Waals surface area contributed by atoms with E-state index in [1.807, 2.05) is 30.3 Å². The number of hydrogen-bond donors (Lipinski definition) is 2. The molecular weight excluding hydrogens is 555 g/mol. The van der Waals surface area contributed by atoms with Gasteiger partial charge < -0.3 is 9.79 Å². The van der Waals surface area contributed by atoms with E-state index in [9.17, 15) is 23.4 Å². The van der Waals surface area contributed by atoms with Gasteiger partial charge >= 0.3 is 18.9 Å². The van der Waals surface area contributed by atoms with Gasteiger partial charge in [-0.2, -0.15) is 14.0 Å². The number of aromatic nitrogens is 2. The number of hydrogen-bond acceptors (Lipinski definition) is 3. The van der Waals surface area contributed by atoms with E-state index >= 15 is 0 Å². The maximum atomic E-state index is 14.2. The standard InChI is InChI=1S/C25H19BrF2N3O4P/c26-22-12-19(9-10-21(22)25(27,28)36(33,34)35)15-31-23(20-8-4-7-18(11-20)13-29)16-30(24(31)32)14-17-5-2-1-3-6-17/h1-12,16H,14-15H2,(H2,33,34,35). The third-order valence-electron chi connectivity index (χ3n) is 5.59. The van der Waals surface area contributed by atoms with E-state index in [-0.39, 0.29) is 16.7 Å². The van der Waals surface area contributed by atoms with E-state index < -0.39 is 18.8 Å². The van der Waals surface area contributed by atoms with Crippen molar-refractivity contribution >= 4 is 23.5 Å². The molecule has 2 N–H and O–H groups in total. The SMILES string of the molecule is N#Cc1cccc(-c2cn(Cc3ccccc3)c(=O)n2Cc2ccc(C(F)(F)P(=O)(O)O)c(Br)c2)c1. The van der Waals surface area contributed by atoms with Crippen LogP contribution in [0.2, 0.25) is 0 Å². The van der Waals surface area contributed by atoms with Gasteiger partial charge in [-0.15, -0.1) is 0 Å². The summed E-state index contributed by atoms with van der Waals surface area (Å²) in [6.45, 7) is 0.294. The minimum Gasteiger partial charge on any atom is -0.320 e. The summed E-state index contributed by atoms with van der Waals surface area (Å²) in [5.41, 5.74) is -2.66. The number of benzene rings is 3. The molecule has 0 aliphatic carbocycles. The molecule has 1 heterocycles. The smallest absolute Gasteiger partial charge is 0.320 e. The second kappa shape index (κ2) is 9.96. The van der Waals surface area contributed by atoms with Crippen molar-refractivity contribution in [1.82, 2.24) is 9.13 Å². The van der Waals surface area contributed by atoms with Gasteiger partial charge in [0, 0.05) is 21.8 Å². The average molecular weight is 574 g/mol. The molecule has 0 saturated carbocycles. The summed E-state index contributed by atoms with van der Waals surface area (Å²) in [6.07, 6.45) is 1.68. The van der Waals surface area contributed by atoms with Crippen molar-refractivity contribution in [3.05, 3.63) is 116 Å². The second-order valence-electron chi connectivity index (χ2n) is 8.09. The largest absolute Gasteiger partial charge is 0.399 e. The number of rotatable bonds is 7. The topological polar surface area (TPSA) is 108 Å². The molecule has 0 bridgehead atoms. The molecule has 0 radical (unpaired) electrons. The fraction of sp³-hybridized carbons (Fsp3) is 0.120. The van der Waals surface area contributed by atoms with Crippen LogP contribution in [0, 0.1) is 11.3 Å².